The van der Waals surface area contributed by atoms with Crippen molar-refractivity contribution in [3.8, 4) is 5.75 Å². The molecule has 5 nitrogen and oxygen atoms in total. The predicted octanol–water partition coefficient (Wildman–Crippen LogP) is 3.07. The van der Waals surface area contributed by atoms with Gasteiger partial charge >= 0.3 is 0 Å². The van der Waals surface area contributed by atoms with Gasteiger partial charge in [0.2, 0.25) is 5.78 Å². The van der Waals surface area contributed by atoms with Crippen LogP contribution in [0, 0.1) is 0 Å². The quantitative estimate of drug-likeness (QED) is 0.545. The summed E-state index contributed by atoms with van der Waals surface area (Å²) in [6, 6.07) is 7.25. The first-order valence-electron chi connectivity index (χ1n) is 6.45. The summed E-state index contributed by atoms with van der Waals surface area (Å²) < 4.78 is 12.5. The molecule has 21 heavy (non-hydrogen) atoms. The van der Waals surface area contributed by atoms with Gasteiger partial charge in [-0.05, 0) is 24.3 Å². The lowest BCUT2D eigenvalue weighted by Crippen LogP contribution is -1.90. The van der Waals surface area contributed by atoms with Gasteiger partial charge < -0.3 is 9.15 Å². The molecule has 3 aromatic rings. The fourth-order valence-electron chi connectivity index (χ4n) is 2.10. The average molecular weight is 282 g/mol. The predicted molar refractivity (Wildman–Crippen MR) is 79.3 cm³/mol. The maximum Gasteiger partial charge on any atom is 0.221 e. The molecule has 0 spiro atoms. The molecule has 0 fully saturated rings. The molecule has 0 amide bonds. The van der Waals surface area contributed by atoms with E-state index in [0.29, 0.717) is 11.3 Å². The first-order chi connectivity index (χ1) is 10.2. The topological polar surface area (TPSA) is 57.3 Å². The standard InChI is InChI=1S/C16H14N2O3/c1-18-10-11(9-17-18)6-7-13(19)15-8-12-4-3-5-14(20-2)16(12)21-15/h3-10H,1-2H3. The van der Waals surface area contributed by atoms with E-state index in [-0.39, 0.29) is 11.5 Å². The lowest BCUT2D eigenvalue weighted by atomic mass is 10.2. The van der Waals surface area contributed by atoms with Gasteiger partial charge in [0.05, 0.1) is 13.3 Å². The number of benzene rings is 1. The first kappa shape index (κ1) is 13.2. The molecule has 2 aromatic heterocycles. The van der Waals surface area contributed by atoms with Crippen molar-refractivity contribution >= 4 is 22.8 Å². The van der Waals surface area contributed by atoms with Crippen molar-refractivity contribution in [2.75, 3.05) is 7.11 Å². The number of nitrogens with zero attached hydrogens (tertiary/aromatic N) is 2. The fraction of sp³-hybridized carbons (Fsp3) is 0.125. The molecule has 0 atom stereocenters. The zero-order valence-corrected chi connectivity index (χ0v) is 11.7. The van der Waals surface area contributed by atoms with Crippen molar-refractivity contribution < 1.29 is 13.9 Å². The lowest BCUT2D eigenvalue weighted by Gasteiger charge is -1.98. The number of hydrogen-bond acceptors (Lipinski definition) is 4. The minimum Gasteiger partial charge on any atom is -0.493 e. The van der Waals surface area contributed by atoms with Crippen molar-refractivity contribution in [3.05, 3.63) is 54.1 Å². The number of carbonyl (C=O) groups is 1. The minimum absolute atomic E-state index is 0.197. The van der Waals surface area contributed by atoms with Gasteiger partial charge in [-0.1, -0.05) is 12.1 Å². The third kappa shape index (κ3) is 2.58. The molecule has 106 valence electrons. The number of aryl methyl sites for hydroxylation is 1. The molecular formula is C16H14N2O3. The smallest absolute Gasteiger partial charge is 0.221 e. The van der Waals surface area contributed by atoms with Gasteiger partial charge in [-0.2, -0.15) is 5.10 Å². The Morgan fingerprint density at radius 1 is 1.43 bits per heavy atom. The monoisotopic (exact) mass is 282 g/mol. The van der Waals surface area contributed by atoms with Crippen molar-refractivity contribution in [3.63, 3.8) is 0 Å². The summed E-state index contributed by atoms with van der Waals surface area (Å²) in [5.41, 5.74) is 1.44. The fourth-order valence-corrected chi connectivity index (χ4v) is 2.10. The van der Waals surface area contributed by atoms with Gasteiger partial charge in [0.25, 0.3) is 0 Å². The molecule has 0 aliphatic heterocycles. The molecule has 0 radical (unpaired) electrons. The van der Waals surface area contributed by atoms with E-state index in [2.05, 4.69) is 5.10 Å². The second kappa shape index (κ2) is 5.28. The Kier molecular flexibility index (Phi) is 3.31. The molecule has 0 aliphatic carbocycles. The first-order valence-corrected chi connectivity index (χ1v) is 6.45. The number of para-hydroxylation sites is 1. The third-order valence-electron chi connectivity index (χ3n) is 3.12. The number of fused-ring (bicyclic) bond motifs is 1. The molecule has 0 unspecified atom stereocenters. The van der Waals surface area contributed by atoms with Gasteiger partial charge in [-0.25, -0.2) is 0 Å². The normalized spacial score (nSPS) is 11.3. The second-order valence-corrected chi connectivity index (χ2v) is 4.63. The Balaban J connectivity index is 1.89. The Hall–Kier alpha value is -2.82. The van der Waals surface area contributed by atoms with Gasteiger partial charge in [0.15, 0.2) is 17.1 Å². The molecule has 1 aromatic carbocycles. The van der Waals surface area contributed by atoms with Gasteiger partial charge in [-0.3, -0.25) is 9.48 Å². The Morgan fingerprint density at radius 3 is 3.00 bits per heavy atom. The largest absolute Gasteiger partial charge is 0.493 e. The number of aromatic nitrogens is 2. The van der Waals surface area contributed by atoms with Crippen molar-refractivity contribution in [2.45, 2.75) is 0 Å². The number of rotatable bonds is 4. The number of carbonyl (C=O) groups excluding carboxylic acids is 1. The van der Waals surface area contributed by atoms with E-state index in [9.17, 15) is 4.79 Å². The summed E-state index contributed by atoms with van der Waals surface area (Å²) in [4.78, 5) is 12.1. The molecular weight excluding hydrogens is 268 g/mol. The van der Waals surface area contributed by atoms with Crippen LogP contribution in [-0.4, -0.2) is 22.7 Å². The summed E-state index contributed by atoms with van der Waals surface area (Å²) in [6.45, 7) is 0. The molecule has 0 bridgehead atoms. The Labute approximate surface area is 121 Å². The van der Waals surface area contributed by atoms with Gasteiger partial charge in [-0.15, -0.1) is 0 Å². The molecule has 2 heterocycles. The highest BCUT2D eigenvalue weighted by atomic mass is 16.5. The zero-order valence-electron chi connectivity index (χ0n) is 11.7. The van der Waals surface area contributed by atoms with Crippen LogP contribution in [0.4, 0.5) is 0 Å². The minimum atomic E-state index is -0.197. The summed E-state index contributed by atoms with van der Waals surface area (Å²) in [6.07, 6.45) is 6.69. The van der Waals surface area contributed by atoms with Crippen molar-refractivity contribution in [1.82, 2.24) is 9.78 Å². The average Bonchev–Trinajstić information content (AvgIpc) is 3.10. The van der Waals surface area contributed by atoms with Crippen LogP contribution in [0.15, 0.2) is 47.2 Å². The highest BCUT2D eigenvalue weighted by Gasteiger charge is 2.12. The van der Waals surface area contributed by atoms with E-state index in [1.165, 1.54) is 6.08 Å². The number of methoxy groups -OCH3 is 1. The number of allylic oxidation sites excluding steroid dienone is 1. The molecule has 0 saturated heterocycles. The maximum absolute atomic E-state index is 12.1. The Bertz CT molecular complexity index is 827. The summed E-state index contributed by atoms with van der Waals surface area (Å²) in [5.74, 6) is 0.703. The van der Waals surface area contributed by atoms with E-state index in [4.69, 9.17) is 9.15 Å². The van der Waals surface area contributed by atoms with E-state index < -0.39 is 0 Å². The summed E-state index contributed by atoms with van der Waals surface area (Å²) in [5, 5.41) is 4.88. The summed E-state index contributed by atoms with van der Waals surface area (Å²) in [7, 11) is 3.39. The Morgan fingerprint density at radius 2 is 2.29 bits per heavy atom. The highest BCUT2D eigenvalue weighted by molar-refractivity contribution is 6.07. The molecule has 0 saturated carbocycles. The highest BCUT2D eigenvalue weighted by Crippen LogP contribution is 2.28. The van der Waals surface area contributed by atoms with Crippen LogP contribution >= 0.6 is 0 Å². The third-order valence-corrected chi connectivity index (χ3v) is 3.12. The number of furan rings is 1. The van der Waals surface area contributed by atoms with Crippen LogP contribution in [0.5, 0.6) is 5.75 Å². The summed E-state index contributed by atoms with van der Waals surface area (Å²) >= 11 is 0. The van der Waals surface area contributed by atoms with Gasteiger partial charge in [0, 0.05) is 24.2 Å². The van der Waals surface area contributed by atoms with Crippen LogP contribution in [0.2, 0.25) is 0 Å². The van der Waals surface area contributed by atoms with E-state index in [1.54, 1.807) is 36.2 Å². The van der Waals surface area contributed by atoms with E-state index in [1.807, 2.05) is 25.4 Å². The van der Waals surface area contributed by atoms with E-state index >= 15 is 0 Å². The number of ketones is 1. The van der Waals surface area contributed by atoms with Crippen LogP contribution in [-0.2, 0) is 7.05 Å². The lowest BCUT2D eigenvalue weighted by molar-refractivity contribution is 0.102. The SMILES string of the molecule is COc1cccc2cc(C(=O)C=Cc3cnn(C)c3)oc12. The van der Waals surface area contributed by atoms with Crippen LogP contribution in [0.25, 0.3) is 17.0 Å². The zero-order chi connectivity index (χ0) is 14.8. The maximum atomic E-state index is 12.1. The van der Waals surface area contributed by atoms with Crippen molar-refractivity contribution in [1.29, 1.82) is 0 Å². The second-order valence-electron chi connectivity index (χ2n) is 4.63. The van der Waals surface area contributed by atoms with Crippen LogP contribution in [0.1, 0.15) is 16.1 Å². The molecule has 0 aliphatic rings. The van der Waals surface area contributed by atoms with Crippen molar-refractivity contribution in [2.24, 2.45) is 7.05 Å². The van der Waals surface area contributed by atoms with Crippen LogP contribution in [0.3, 0.4) is 0 Å². The molecule has 5 heteroatoms. The number of ether oxygens (including phenoxy) is 1. The van der Waals surface area contributed by atoms with Gasteiger partial charge in [0.1, 0.15) is 0 Å². The van der Waals surface area contributed by atoms with E-state index in [0.717, 1.165) is 10.9 Å². The number of hydrogen-bond donors (Lipinski definition) is 0. The van der Waals surface area contributed by atoms with Crippen LogP contribution < -0.4 is 4.74 Å². The molecule has 3 rings (SSSR count). The molecule has 0 N–H and O–H groups in total.